The molecule has 0 aromatic carbocycles. The summed E-state index contributed by atoms with van der Waals surface area (Å²) in [7, 11) is 0. The summed E-state index contributed by atoms with van der Waals surface area (Å²) in [5, 5.41) is 4.56. The third-order valence-electron chi connectivity index (χ3n) is 2.11. The lowest BCUT2D eigenvalue weighted by Gasteiger charge is -2.03. The van der Waals surface area contributed by atoms with Gasteiger partial charge in [0.05, 0.1) is 0 Å². The van der Waals surface area contributed by atoms with Gasteiger partial charge in [0.25, 0.3) is 0 Å². The van der Waals surface area contributed by atoms with Crippen molar-refractivity contribution in [2.45, 2.75) is 13.8 Å². The second kappa shape index (κ2) is 3.67. The van der Waals surface area contributed by atoms with Gasteiger partial charge in [0.15, 0.2) is 5.82 Å². The van der Waals surface area contributed by atoms with Crippen molar-refractivity contribution in [3.8, 4) is 11.4 Å². The molecular weight excluding hydrogens is 216 g/mol. The molecule has 2 nitrogen and oxygen atoms in total. The van der Waals surface area contributed by atoms with E-state index in [-0.39, 0.29) is 0 Å². The Kier molecular flexibility index (Phi) is 2.52. The number of hydrogen-bond donors (Lipinski definition) is 0. The first-order valence-corrected chi connectivity index (χ1v) is 5.54. The van der Waals surface area contributed by atoms with Crippen molar-refractivity contribution in [1.29, 1.82) is 0 Å². The average molecular weight is 225 g/mol. The number of rotatable bonds is 1. The summed E-state index contributed by atoms with van der Waals surface area (Å²) in [6.45, 7) is 3.87. The van der Waals surface area contributed by atoms with Gasteiger partial charge in [0.2, 0.25) is 0 Å². The second-order valence-electron chi connectivity index (χ2n) is 3.06. The minimum Gasteiger partial charge on any atom is -0.233 e. The highest BCUT2D eigenvalue weighted by Crippen LogP contribution is 2.22. The third kappa shape index (κ3) is 1.65. The molecular formula is C10H9ClN2S. The average Bonchev–Trinajstić information content (AvgIpc) is 2.66. The topological polar surface area (TPSA) is 25.8 Å². The fraction of sp³-hybridized carbons (Fsp3) is 0.200. The Bertz CT molecular complexity index is 428. The summed E-state index contributed by atoms with van der Waals surface area (Å²) < 4.78 is 0. The van der Waals surface area contributed by atoms with E-state index in [1.807, 2.05) is 30.7 Å². The summed E-state index contributed by atoms with van der Waals surface area (Å²) in [5.41, 5.74) is 2.91. The minimum atomic E-state index is 0.540. The summed E-state index contributed by atoms with van der Waals surface area (Å²) in [6.07, 6.45) is 0. The van der Waals surface area contributed by atoms with Gasteiger partial charge in [-0.05, 0) is 25.3 Å². The number of hydrogen-bond acceptors (Lipinski definition) is 3. The molecule has 0 aliphatic heterocycles. The van der Waals surface area contributed by atoms with Gasteiger partial charge in [-0.3, -0.25) is 0 Å². The summed E-state index contributed by atoms with van der Waals surface area (Å²) in [6, 6.07) is 1.99. The van der Waals surface area contributed by atoms with E-state index in [2.05, 4.69) is 9.97 Å². The molecule has 0 saturated heterocycles. The molecule has 0 spiro atoms. The molecule has 0 N–H and O–H groups in total. The van der Waals surface area contributed by atoms with Crippen LogP contribution in [-0.2, 0) is 0 Å². The zero-order valence-corrected chi connectivity index (χ0v) is 9.49. The molecule has 2 rings (SSSR count). The fourth-order valence-electron chi connectivity index (χ4n) is 1.11. The van der Waals surface area contributed by atoms with Crippen LogP contribution in [0.5, 0.6) is 0 Å². The van der Waals surface area contributed by atoms with Gasteiger partial charge in [-0.25, -0.2) is 9.97 Å². The van der Waals surface area contributed by atoms with Crippen LogP contribution in [-0.4, -0.2) is 9.97 Å². The molecule has 0 amide bonds. The predicted molar refractivity (Wildman–Crippen MR) is 59.8 cm³/mol. The molecule has 0 fully saturated rings. The summed E-state index contributed by atoms with van der Waals surface area (Å²) in [4.78, 5) is 8.62. The lowest BCUT2D eigenvalue weighted by Crippen LogP contribution is -1.95. The van der Waals surface area contributed by atoms with E-state index in [9.17, 15) is 0 Å². The second-order valence-corrected chi connectivity index (χ2v) is 4.20. The number of nitrogens with zero attached hydrogens (tertiary/aromatic N) is 2. The maximum Gasteiger partial charge on any atom is 0.161 e. The van der Waals surface area contributed by atoms with E-state index in [0.717, 1.165) is 16.8 Å². The highest BCUT2D eigenvalue weighted by atomic mass is 35.5. The van der Waals surface area contributed by atoms with Crippen LogP contribution in [0.3, 0.4) is 0 Å². The lowest BCUT2D eigenvalue weighted by atomic mass is 10.2. The Hall–Kier alpha value is -0.930. The normalized spacial score (nSPS) is 10.5. The van der Waals surface area contributed by atoms with Gasteiger partial charge < -0.3 is 0 Å². The van der Waals surface area contributed by atoms with E-state index in [0.29, 0.717) is 11.0 Å². The molecule has 0 radical (unpaired) electrons. The lowest BCUT2D eigenvalue weighted by molar-refractivity contribution is 1.07. The van der Waals surface area contributed by atoms with Gasteiger partial charge in [-0.15, -0.1) is 0 Å². The highest BCUT2D eigenvalue weighted by molar-refractivity contribution is 7.08. The zero-order valence-electron chi connectivity index (χ0n) is 7.91. The van der Waals surface area contributed by atoms with Crippen LogP contribution in [0.25, 0.3) is 11.4 Å². The maximum atomic E-state index is 5.99. The first-order chi connectivity index (χ1) is 6.68. The van der Waals surface area contributed by atoms with E-state index in [4.69, 9.17) is 11.6 Å². The Morgan fingerprint density at radius 1 is 1.29 bits per heavy atom. The molecule has 0 aliphatic carbocycles. The smallest absolute Gasteiger partial charge is 0.161 e. The molecule has 2 heterocycles. The first-order valence-electron chi connectivity index (χ1n) is 4.22. The molecule has 0 aliphatic rings. The third-order valence-corrected chi connectivity index (χ3v) is 3.16. The number of halogens is 1. The SMILES string of the molecule is Cc1nc(-c2ccsc2)nc(Cl)c1C. The standard InChI is InChI=1S/C10H9ClN2S/c1-6-7(2)12-10(13-9(6)11)8-3-4-14-5-8/h3-5H,1-2H3. The van der Waals surface area contributed by atoms with Crippen LogP contribution < -0.4 is 0 Å². The van der Waals surface area contributed by atoms with E-state index in [1.165, 1.54) is 0 Å². The molecule has 0 bridgehead atoms. The van der Waals surface area contributed by atoms with Crippen molar-refractivity contribution in [1.82, 2.24) is 9.97 Å². The fourth-order valence-corrected chi connectivity index (χ4v) is 1.97. The molecule has 2 aromatic rings. The zero-order chi connectivity index (χ0) is 10.1. The van der Waals surface area contributed by atoms with Crippen LogP contribution >= 0.6 is 22.9 Å². The van der Waals surface area contributed by atoms with Crippen molar-refractivity contribution in [2.75, 3.05) is 0 Å². The van der Waals surface area contributed by atoms with Crippen LogP contribution in [0.15, 0.2) is 16.8 Å². The van der Waals surface area contributed by atoms with Crippen molar-refractivity contribution >= 4 is 22.9 Å². The van der Waals surface area contributed by atoms with Crippen molar-refractivity contribution in [3.63, 3.8) is 0 Å². The summed E-state index contributed by atoms with van der Waals surface area (Å²) in [5.74, 6) is 0.708. The van der Waals surface area contributed by atoms with Gasteiger partial charge in [0, 0.05) is 22.2 Å². The first kappa shape index (κ1) is 9.62. The molecule has 4 heteroatoms. The van der Waals surface area contributed by atoms with E-state index < -0.39 is 0 Å². The molecule has 0 unspecified atom stereocenters. The molecule has 0 saturated carbocycles. The molecule has 14 heavy (non-hydrogen) atoms. The minimum absolute atomic E-state index is 0.540. The molecule has 0 atom stereocenters. The van der Waals surface area contributed by atoms with Gasteiger partial charge >= 0.3 is 0 Å². The predicted octanol–water partition coefficient (Wildman–Crippen LogP) is 3.48. The number of thiophene rings is 1. The molecule has 72 valence electrons. The Morgan fingerprint density at radius 2 is 2.07 bits per heavy atom. The quantitative estimate of drug-likeness (QED) is 0.694. The van der Waals surface area contributed by atoms with Crippen LogP contribution in [0.4, 0.5) is 0 Å². The van der Waals surface area contributed by atoms with Crippen molar-refractivity contribution in [2.24, 2.45) is 0 Å². The van der Waals surface area contributed by atoms with Crippen LogP contribution in [0, 0.1) is 13.8 Å². The Labute approximate surface area is 91.6 Å². The molecule has 2 aromatic heterocycles. The summed E-state index contributed by atoms with van der Waals surface area (Å²) >= 11 is 7.62. The van der Waals surface area contributed by atoms with E-state index >= 15 is 0 Å². The van der Waals surface area contributed by atoms with Gasteiger partial charge in [-0.1, -0.05) is 11.6 Å². The van der Waals surface area contributed by atoms with Gasteiger partial charge in [-0.2, -0.15) is 11.3 Å². The van der Waals surface area contributed by atoms with Gasteiger partial charge in [0.1, 0.15) is 5.15 Å². The van der Waals surface area contributed by atoms with E-state index in [1.54, 1.807) is 11.3 Å². The Morgan fingerprint density at radius 3 is 2.64 bits per heavy atom. The van der Waals surface area contributed by atoms with Crippen LogP contribution in [0.2, 0.25) is 5.15 Å². The number of aromatic nitrogens is 2. The highest BCUT2D eigenvalue weighted by Gasteiger charge is 2.07. The maximum absolute atomic E-state index is 5.99. The largest absolute Gasteiger partial charge is 0.233 e. The monoisotopic (exact) mass is 224 g/mol. The van der Waals surface area contributed by atoms with Crippen molar-refractivity contribution in [3.05, 3.63) is 33.2 Å². The Balaban J connectivity index is 2.57. The van der Waals surface area contributed by atoms with Crippen LogP contribution in [0.1, 0.15) is 11.3 Å². The van der Waals surface area contributed by atoms with Crippen molar-refractivity contribution < 1.29 is 0 Å². The number of aryl methyl sites for hydroxylation is 1.